The molecule has 1 unspecified atom stereocenters. The summed E-state index contributed by atoms with van der Waals surface area (Å²) in [5, 5.41) is 8.24. The molecule has 2 aliphatic rings. The highest BCUT2D eigenvalue weighted by atomic mass is 35.5. The van der Waals surface area contributed by atoms with Crippen molar-refractivity contribution in [1.82, 2.24) is 15.1 Å². The van der Waals surface area contributed by atoms with E-state index < -0.39 is 56.5 Å². The highest BCUT2D eigenvalue weighted by molar-refractivity contribution is 7.91. The number of likely N-dealkylation sites (N-methyl/N-ethyl adjacent to an activating group) is 1. The van der Waals surface area contributed by atoms with Crippen LogP contribution >= 0.6 is 11.6 Å². The number of amides is 1. The van der Waals surface area contributed by atoms with Crippen LogP contribution in [0.2, 0.25) is 5.02 Å². The molecule has 14 heteroatoms. The van der Waals surface area contributed by atoms with Crippen LogP contribution < -0.4 is 10.6 Å². The number of benzene rings is 2. The Labute approximate surface area is 227 Å². The molecule has 2 aliphatic heterocycles. The number of alkyl halides is 2. The van der Waals surface area contributed by atoms with Gasteiger partial charge in [0, 0.05) is 18.0 Å². The second-order valence-corrected chi connectivity index (χ2v) is 12.2. The number of nitrogens with zero attached hydrogens (tertiary/aromatic N) is 4. The van der Waals surface area contributed by atoms with Gasteiger partial charge in [-0.3, -0.25) is 9.69 Å². The molecule has 1 saturated heterocycles. The summed E-state index contributed by atoms with van der Waals surface area (Å²) in [6, 6.07) is 7.09. The first kappa shape index (κ1) is 27.6. The van der Waals surface area contributed by atoms with Crippen molar-refractivity contribution in [2.45, 2.75) is 42.7 Å². The van der Waals surface area contributed by atoms with Gasteiger partial charge < -0.3 is 15.1 Å². The molecule has 1 aromatic heterocycles. The van der Waals surface area contributed by atoms with E-state index in [4.69, 9.17) is 21.8 Å². The Bertz CT molecular complexity index is 1520. The molecular formula is C25H25ClF3N5O4S. The van der Waals surface area contributed by atoms with Crippen LogP contribution in [0.15, 0.2) is 45.7 Å². The molecule has 1 fully saturated rings. The number of halogens is 4. The maximum Gasteiger partial charge on any atom is 0.261 e. The molecule has 0 aliphatic carbocycles. The number of nitrogens with two attached hydrogens (primary N) is 1. The van der Waals surface area contributed by atoms with E-state index in [9.17, 15) is 22.0 Å². The lowest BCUT2D eigenvalue weighted by molar-refractivity contribution is -0.119. The average Bonchev–Trinajstić information content (AvgIpc) is 3.35. The number of hydrogen-bond donors (Lipinski definition) is 1. The summed E-state index contributed by atoms with van der Waals surface area (Å²) in [4.78, 5) is 15.5. The minimum absolute atomic E-state index is 0.0730. The lowest BCUT2D eigenvalue weighted by Gasteiger charge is -2.35. The molecule has 39 heavy (non-hydrogen) atoms. The molecule has 2 aromatic carbocycles. The van der Waals surface area contributed by atoms with Crippen LogP contribution in [0.4, 0.5) is 18.9 Å². The van der Waals surface area contributed by atoms with E-state index in [1.165, 1.54) is 0 Å². The largest absolute Gasteiger partial charge is 0.420 e. The number of carbonyl (C=O) groups is 1. The van der Waals surface area contributed by atoms with Gasteiger partial charge in [-0.15, -0.1) is 10.2 Å². The van der Waals surface area contributed by atoms with E-state index in [0.29, 0.717) is 17.1 Å². The summed E-state index contributed by atoms with van der Waals surface area (Å²) in [6.07, 6.45) is -0.503. The maximum atomic E-state index is 15.4. The van der Waals surface area contributed by atoms with Crippen LogP contribution in [0.1, 0.15) is 30.7 Å². The summed E-state index contributed by atoms with van der Waals surface area (Å²) < 4.78 is 75.7. The number of hydrogen-bond acceptors (Lipinski definition) is 8. The van der Waals surface area contributed by atoms with Gasteiger partial charge in [0.05, 0.1) is 46.9 Å². The van der Waals surface area contributed by atoms with Crippen LogP contribution in [0.25, 0.3) is 11.5 Å². The number of aromatic nitrogens is 2. The molecule has 2 atom stereocenters. The second kappa shape index (κ2) is 10.2. The van der Waals surface area contributed by atoms with Crippen molar-refractivity contribution in [3.63, 3.8) is 0 Å². The highest BCUT2D eigenvalue weighted by Crippen LogP contribution is 2.39. The van der Waals surface area contributed by atoms with Crippen molar-refractivity contribution >= 4 is 33.0 Å². The number of fused-ring (bicyclic) bond motifs is 1. The van der Waals surface area contributed by atoms with Crippen LogP contribution in [0.3, 0.4) is 0 Å². The van der Waals surface area contributed by atoms with Gasteiger partial charge in [-0.1, -0.05) is 30.7 Å². The fraction of sp³-hybridized carbons (Fsp3) is 0.400. The summed E-state index contributed by atoms with van der Waals surface area (Å²) in [5.41, 5.74) is 6.16. The van der Waals surface area contributed by atoms with Crippen molar-refractivity contribution in [2.24, 2.45) is 5.73 Å². The first-order chi connectivity index (χ1) is 18.4. The zero-order valence-corrected chi connectivity index (χ0v) is 22.4. The third kappa shape index (κ3) is 5.53. The van der Waals surface area contributed by atoms with Gasteiger partial charge in [0.25, 0.3) is 11.8 Å². The minimum atomic E-state index is -4.15. The highest BCUT2D eigenvalue weighted by Gasteiger charge is 2.43. The topological polar surface area (TPSA) is 123 Å². The quantitative estimate of drug-likeness (QED) is 0.483. The molecule has 0 saturated carbocycles. The molecule has 1 amide bonds. The molecule has 0 radical (unpaired) electrons. The smallest absolute Gasteiger partial charge is 0.261 e. The van der Waals surface area contributed by atoms with Crippen molar-refractivity contribution < 1.29 is 30.8 Å². The van der Waals surface area contributed by atoms with Crippen molar-refractivity contribution in [1.29, 1.82) is 0 Å². The number of likely N-dealkylation sites (tertiary alicyclic amines) is 1. The van der Waals surface area contributed by atoms with Gasteiger partial charge in [-0.2, -0.15) is 0 Å². The van der Waals surface area contributed by atoms with E-state index in [1.807, 2.05) is 0 Å². The Hall–Kier alpha value is -3.00. The zero-order valence-electron chi connectivity index (χ0n) is 20.8. The number of carbonyl (C=O) groups excluding carboxylic acids is 1. The normalized spacial score (nSPS) is 22.9. The Balaban J connectivity index is 1.57. The lowest BCUT2D eigenvalue weighted by Crippen LogP contribution is -2.46. The molecule has 3 aromatic rings. The van der Waals surface area contributed by atoms with Crippen LogP contribution in [-0.4, -0.2) is 66.8 Å². The second-order valence-electron chi connectivity index (χ2n) is 9.77. The van der Waals surface area contributed by atoms with Gasteiger partial charge in [0.15, 0.2) is 9.84 Å². The molecule has 208 valence electrons. The predicted octanol–water partition coefficient (Wildman–Crippen LogP) is 3.62. The van der Waals surface area contributed by atoms with Gasteiger partial charge >= 0.3 is 0 Å². The van der Waals surface area contributed by atoms with Gasteiger partial charge in [-0.05, 0) is 36.4 Å². The summed E-state index contributed by atoms with van der Waals surface area (Å²) >= 11 is 5.96. The van der Waals surface area contributed by atoms with Crippen LogP contribution in [0.5, 0.6) is 0 Å². The molecule has 0 bridgehead atoms. The third-order valence-electron chi connectivity index (χ3n) is 6.86. The van der Waals surface area contributed by atoms with Crippen molar-refractivity contribution in [3.8, 4) is 11.5 Å². The SMILES string of the molecule is CCN1CC(c2nnc(-c3cc4c(cc3F)S(=O)(=O)C[C@H](N)C(=O)N4Cc3ccc(Cl)cc3)o2)CC(F)(F)C1. The van der Waals surface area contributed by atoms with Crippen LogP contribution in [-0.2, 0) is 21.2 Å². The molecule has 9 nitrogen and oxygen atoms in total. The first-order valence-corrected chi connectivity index (χ1v) is 14.2. The average molecular weight is 584 g/mol. The maximum absolute atomic E-state index is 15.4. The van der Waals surface area contributed by atoms with Crippen molar-refractivity contribution in [3.05, 3.63) is 58.7 Å². The summed E-state index contributed by atoms with van der Waals surface area (Å²) in [5.74, 6) is -6.53. The van der Waals surface area contributed by atoms with Gasteiger partial charge in [-0.25, -0.2) is 21.6 Å². The summed E-state index contributed by atoms with van der Waals surface area (Å²) in [6.45, 7) is 1.98. The fourth-order valence-corrected chi connectivity index (χ4v) is 6.62. The first-order valence-electron chi connectivity index (χ1n) is 12.2. The van der Waals surface area contributed by atoms with E-state index in [0.717, 1.165) is 17.0 Å². The Morgan fingerprint density at radius 1 is 1.21 bits per heavy atom. The fourth-order valence-electron chi connectivity index (χ4n) is 4.93. The van der Waals surface area contributed by atoms with Crippen LogP contribution in [0, 0.1) is 5.82 Å². The minimum Gasteiger partial charge on any atom is -0.420 e. The molecule has 3 heterocycles. The lowest BCUT2D eigenvalue weighted by atomic mass is 9.95. The predicted molar refractivity (Wildman–Crippen MR) is 137 cm³/mol. The van der Waals surface area contributed by atoms with Gasteiger partial charge in [0.2, 0.25) is 11.8 Å². The van der Waals surface area contributed by atoms with E-state index in [2.05, 4.69) is 10.2 Å². The Morgan fingerprint density at radius 2 is 1.92 bits per heavy atom. The van der Waals surface area contributed by atoms with Gasteiger partial charge in [0.1, 0.15) is 5.82 Å². The number of piperidine rings is 1. The number of anilines is 1. The Morgan fingerprint density at radius 3 is 2.62 bits per heavy atom. The Kier molecular flexibility index (Phi) is 7.20. The zero-order chi connectivity index (χ0) is 28.1. The van der Waals surface area contributed by atoms with Crippen molar-refractivity contribution in [2.75, 3.05) is 30.3 Å². The number of sulfone groups is 1. The monoisotopic (exact) mass is 583 g/mol. The molecule has 2 N–H and O–H groups in total. The third-order valence-corrected chi connectivity index (χ3v) is 8.90. The van der Waals surface area contributed by atoms with E-state index in [1.54, 1.807) is 36.1 Å². The molecular weight excluding hydrogens is 559 g/mol. The van der Waals surface area contributed by atoms with E-state index in [-0.39, 0.29) is 42.7 Å². The molecule has 5 rings (SSSR count). The van der Waals surface area contributed by atoms with E-state index >= 15 is 4.39 Å². The standard InChI is InChI=1S/C25H25ClF3N5O4S/c1-2-33-11-15(9-25(28,29)13-33)22-31-32-23(38-22)17-7-20-21(8-18(17)27)39(36,37)12-19(30)24(35)34(20)10-14-3-5-16(26)6-4-14/h3-8,15,19H,2,9-13,30H2,1H3/t15?,19-/m0/s1. The number of rotatable bonds is 5. The summed E-state index contributed by atoms with van der Waals surface area (Å²) in [7, 11) is -4.15. The molecule has 0 spiro atoms.